The van der Waals surface area contributed by atoms with Crippen LogP contribution in [0.15, 0.2) is 0 Å². The van der Waals surface area contributed by atoms with Gasteiger partial charge in [0.15, 0.2) is 0 Å². The summed E-state index contributed by atoms with van der Waals surface area (Å²) in [6.45, 7) is 3.97. The summed E-state index contributed by atoms with van der Waals surface area (Å²) in [6.07, 6.45) is 5.12. The summed E-state index contributed by atoms with van der Waals surface area (Å²) >= 11 is 6.39. The average Bonchev–Trinajstić information content (AvgIpc) is 2.07. The van der Waals surface area contributed by atoms with Crippen molar-refractivity contribution in [3.05, 3.63) is 0 Å². The van der Waals surface area contributed by atoms with E-state index < -0.39 is 0 Å². The number of hydrogen-bond acceptors (Lipinski definition) is 3. The maximum Gasteiger partial charge on any atom is 0.149 e. The molecule has 0 aliphatic carbocycles. The molecule has 0 aromatic heterocycles. The van der Waals surface area contributed by atoms with E-state index in [0.717, 1.165) is 30.5 Å². The Labute approximate surface area is 76.7 Å². The summed E-state index contributed by atoms with van der Waals surface area (Å²) in [4.78, 5) is 2.14. The molecule has 0 aromatic carbocycles. The molecule has 1 N–H and O–H groups in total. The number of nitrogens with one attached hydrogen (secondary N) is 1. The van der Waals surface area contributed by atoms with Gasteiger partial charge in [0.05, 0.1) is 0 Å². The van der Waals surface area contributed by atoms with E-state index in [2.05, 4.69) is 15.5 Å². The Morgan fingerprint density at radius 2 is 2.18 bits per heavy atom. The minimum Gasteiger partial charge on any atom is -0.354 e. The van der Waals surface area contributed by atoms with Gasteiger partial charge in [-0.25, -0.2) is 0 Å². The number of nitrogens with zero attached hydrogens (tertiary/aromatic N) is 1. The van der Waals surface area contributed by atoms with Gasteiger partial charge in [-0.05, 0) is 17.0 Å². The quantitative estimate of drug-likeness (QED) is 0.437. The Morgan fingerprint density at radius 1 is 1.55 bits per heavy atom. The van der Waals surface area contributed by atoms with Crippen LogP contribution in [0.25, 0.3) is 0 Å². The van der Waals surface area contributed by atoms with Crippen LogP contribution >= 0.6 is 24.0 Å². The van der Waals surface area contributed by atoms with Gasteiger partial charge in [0, 0.05) is 26.2 Å². The van der Waals surface area contributed by atoms with Crippen LogP contribution in [0.4, 0.5) is 0 Å². The Hall–Kier alpha value is -0.240. The second kappa shape index (κ2) is 4.60. The molecule has 1 aliphatic rings. The average molecular weight is 186 g/mol. The monoisotopic (exact) mass is 186 g/mol. The predicted molar refractivity (Wildman–Crippen MR) is 53.5 cm³/mol. The zero-order valence-corrected chi connectivity index (χ0v) is 7.80. The second-order valence-electron chi connectivity index (χ2n) is 2.22. The van der Waals surface area contributed by atoms with Crippen molar-refractivity contribution in [3.63, 3.8) is 0 Å². The smallest absolute Gasteiger partial charge is 0.149 e. The van der Waals surface area contributed by atoms with Gasteiger partial charge in [-0.3, -0.25) is 0 Å². The third-order valence-electron chi connectivity index (χ3n) is 1.52. The first kappa shape index (κ1) is 8.85. The molecule has 11 heavy (non-hydrogen) atoms. The summed E-state index contributed by atoms with van der Waals surface area (Å²) < 4.78 is 0.828. The Balaban J connectivity index is 2.34. The van der Waals surface area contributed by atoms with E-state index in [1.807, 2.05) is 0 Å². The Kier molecular flexibility index (Phi) is 3.70. The molecule has 0 unspecified atom stereocenters. The molecular formula is C7H10N2S2. The number of thioether (sulfide) groups is 1. The maximum atomic E-state index is 5.12. The van der Waals surface area contributed by atoms with E-state index >= 15 is 0 Å². The number of terminal acetylenes is 1. The van der Waals surface area contributed by atoms with Crippen molar-refractivity contribution in [1.29, 1.82) is 0 Å². The van der Waals surface area contributed by atoms with Gasteiger partial charge in [0.25, 0.3) is 0 Å². The second-order valence-corrected chi connectivity index (χ2v) is 3.69. The lowest BCUT2D eigenvalue weighted by Crippen LogP contribution is -2.44. The van der Waals surface area contributed by atoms with Gasteiger partial charge in [-0.1, -0.05) is 12.2 Å². The van der Waals surface area contributed by atoms with Crippen LogP contribution in [0.2, 0.25) is 0 Å². The van der Waals surface area contributed by atoms with Crippen molar-refractivity contribution in [3.8, 4) is 11.7 Å². The van der Waals surface area contributed by atoms with Crippen LogP contribution in [0, 0.1) is 11.7 Å². The molecule has 1 heterocycles. The molecule has 0 saturated carbocycles. The number of rotatable bonds is 0. The van der Waals surface area contributed by atoms with Crippen molar-refractivity contribution < 1.29 is 0 Å². The highest BCUT2D eigenvalue weighted by atomic mass is 32.2. The molecular weight excluding hydrogens is 176 g/mol. The lowest BCUT2D eigenvalue weighted by Gasteiger charge is -2.28. The van der Waals surface area contributed by atoms with Crippen molar-refractivity contribution >= 4 is 28.3 Å². The summed E-state index contributed by atoms with van der Waals surface area (Å²) in [5, 5.41) is 5.73. The molecule has 2 nitrogen and oxygen atoms in total. The first-order chi connectivity index (χ1) is 5.34. The summed E-state index contributed by atoms with van der Waals surface area (Å²) in [5.74, 6) is 0. The van der Waals surface area contributed by atoms with Gasteiger partial charge in [-0.2, -0.15) is 0 Å². The van der Waals surface area contributed by atoms with Crippen LogP contribution in [-0.2, 0) is 0 Å². The van der Waals surface area contributed by atoms with Crippen molar-refractivity contribution in [2.45, 2.75) is 0 Å². The topological polar surface area (TPSA) is 15.3 Å². The molecule has 1 saturated heterocycles. The van der Waals surface area contributed by atoms with Crippen LogP contribution in [0.3, 0.4) is 0 Å². The van der Waals surface area contributed by atoms with Crippen LogP contribution in [0.5, 0.6) is 0 Å². The number of hydrogen-bond donors (Lipinski definition) is 1. The standard InChI is InChI=1S/C7H10N2S2/c1-2-11-7(10)9-5-3-8-4-6-9/h1,8H,3-6H2. The van der Waals surface area contributed by atoms with E-state index in [4.69, 9.17) is 18.6 Å². The van der Waals surface area contributed by atoms with E-state index in [1.54, 1.807) is 0 Å². The zero-order valence-electron chi connectivity index (χ0n) is 6.17. The predicted octanol–water partition coefficient (Wildman–Crippen LogP) is 0.500. The van der Waals surface area contributed by atoms with Crippen molar-refractivity contribution in [1.82, 2.24) is 10.2 Å². The largest absolute Gasteiger partial charge is 0.354 e. The van der Waals surface area contributed by atoms with Gasteiger partial charge in [0.2, 0.25) is 0 Å². The van der Waals surface area contributed by atoms with E-state index in [9.17, 15) is 0 Å². The minimum atomic E-state index is 0.828. The van der Waals surface area contributed by atoms with Crippen LogP contribution < -0.4 is 5.32 Å². The lowest BCUT2D eigenvalue weighted by atomic mass is 10.4. The first-order valence-corrected chi connectivity index (χ1v) is 4.69. The molecule has 0 atom stereocenters. The molecule has 0 radical (unpaired) electrons. The fourth-order valence-corrected chi connectivity index (χ4v) is 1.70. The summed E-state index contributed by atoms with van der Waals surface area (Å²) in [6, 6.07) is 0. The highest BCUT2D eigenvalue weighted by Crippen LogP contribution is 2.07. The molecule has 1 rings (SSSR count). The number of piperazine rings is 1. The van der Waals surface area contributed by atoms with Crippen molar-refractivity contribution in [2.24, 2.45) is 0 Å². The molecule has 0 bridgehead atoms. The fourth-order valence-electron chi connectivity index (χ4n) is 0.962. The van der Waals surface area contributed by atoms with Gasteiger partial charge < -0.3 is 10.2 Å². The molecule has 60 valence electrons. The fraction of sp³-hybridized carbons (Fsp3) is 0.571. The third kappa shape index (κ3) is 2.70. The zero-order chi connectivity index (χ0) is 8.10. The van der Waals surface area contributed by atoms with E-state index in [-0.39, 0.29) is 0 Å². The van der Waals surface area contributed by atoms with E-state index in [0.29, 0.717) is 0 Å². The third-order valence-corrected chi connectivity index (χ3v) is 2.58. The Morgan fingerprint density at radius 3 is 2.73 bits per heavy atom. The molecule has 0 amide bonds. The summed E-state index contributed by atoms with van der Waals surface area (Å²) in [7, 11) is 0. The van der Waals surface area contributed by atoms with Crippen molar-refractivity contribution in [2.75, 3.05) is 26.2 Å². The highest BCUT2D eigenvalue weighted by molar-refractivity contribution is 8.26. The molecule has 0 spiro atoms. The maximum absolute atomic E-state index is 5.12. The number of thiocarbonyl (C=S) groups is 1. The first-order valence-electron chi connectivity index (χ1n) is 3.46. The molecule has 4 heteroatoms. The Bertz CT molecular complexity index is 179. The van der Waals surface area contributed by atoms with Crippen LogP contribution in [0.1, 0.15) is 0 Å². The SMILES string of the molecule is C#CSC(=S)N1CCNCC1. The molecule has 1 aliphatic heterocycles. The van der Waals surface area contributed by atoms with Crippen LogP contribution in [-0.4, -0.2) is 35.4 Å². The lowest BCUT2D eigenvalue weighted by molar-refractivity contribution is 0.368. The normalized spacial score (nSPS) is 17.5. The summed E-state index contributed by atoms with van der Waals surface area (Å²) in [5.41, 5.74) is 0. The van der Waals surface area contributed by atoms with Gasteiger partial charge >= 0.3 is 0 Å². The molecule has 1 fully saturated rings. The van der Waals surface area contributed by atoms with Gasteiger partial charge in [-0.15, -0.1) is 6.42 Å². The van der Waals surface area contributed by atoms with E-state index in [1.165, 1.54) is 11.8 Å². The van der Waals surface area contributed by atoms with Gasteiger partial charge in [0.1, 0.15) is 4.32 Å². The highest BCUT2D eigenvalue weighted by Gasteiger charge is 2.11. The minimum absolute atomic E-state index is 0.828. The molecule has 0 aromatic rings.